The Balaban J connectivity index is 1.33. The Bertz CT molecular complexity index is 688. The Morgan fingerprint density at radius 2 is 1.87 bits per heavy atom. The van der Waals surface area contributed by atoms with Crippen LogP contribution in [-0.4, -0.2) is 46.8 Å². The SMILES string of the molecule is Cn1cc([C@@H]2C[C@@H]2C(=O)N2CCN(c3ccccc3)CC2)cn1. The van der Waals surface area contributed by atoms with Crippen molar-refractivity contribution in [2.24, 2.45) is 13.0 Å². The lowest BCUT2D eigenvalue weighted by Crippen LogP contribution is -2.49. The quantitative estimate of drug-likeness (QED) is 0.869. The van der Waals surface area contributed by atoms with Crippen molar-refractivity contribution in [1.29, 1.82) is 0 Å². The molecule has 120 valence electrons. The summed E-state index contributed by atoms with van der Waals surface area (Å²) in [5.41, 5.74) is 2.45. The second kappa shape index (κ2) is 5.72. The fourth-order valence-electron chi connectivity index (χ4n) is 3.53. The molecule has 0 N–H and O–H groups in total. The highest BCUT2D eigenvalue weighted by Crippen LogP contribution is 2.48. The molecule has 1 saturated heterocycles. The Labute approximate surface area is 136 Å². The van der Waals surface area contributed by atoms with Gasteiger partial charge in [-0.05, 0) is 30.0 Å². The third-order valence-electron chi connectivity index (χ3n) is 4.97. The molecule has 5 heteroatoms. The van der Waals surface area contributed by atoms with Crippen LogP contribution >= 0.6 is 0 Å². The summed E-state index contributed by atoms with van der Waals surface area (Å²) in [6, 6.07) is 10.4. The topological polar surface area (TPSA) is 41.4 Å². The first-order valence-corrected chi connectivity index (χ1v) is 8.30. The number of carbonyl (C=O) groups excluding carboxylic acids is 1. The number of aryl methyl sites for hydroxylation is 1. The van der Waals surface area contributed by atoms with E-state index in [0.29, 0.717) is 11.8 Å². The molecular formula is C18H22N4O. The first-order chi connectivity index (χ1) is 11.2. The van der Waals surface area contributed by atoms with E-state index in [2.05, 4.69) is 34.3 Å². The van der Waals surface area contributed by atoms with Crippen LogP contribution in [0.1, 0.15) is 17.9 Å². The monoisotopic (exact) mass is 310 g/mol. The Hall–Kier alpha value is -2.30. The maximum absolute atomic E-state index is 12.7. The van der Waals surface area contributed by atoms with E-state index in [1.165, 1.54) is 11.3 Å². The molecule has 23 heavy (non-hydrogen) atoms. The normalized spacial score (nSPS) is 23.9. The smallest absolute Gasteiger partial charge is 0.226 e. The molecule has 1 aliphatic carbocycles. The second-order valence-electron chi connectivity index (χ2n) is 6.54. The van der Waals surface area contributed by atoms with Gasteiger partial charge in [0.15, 0.2) is 0 Å². The van der Waals surface area contributed by atoms with E-state index in [4.69, 9.17) is 0 Å². The van der Waals surface area contributed by atoms with Crippen molar-refractivity contribution in [3.05, 3.63) is 48.3 Å². The molecule has 4 rings (SSSR count). The zero-order valence-corrected chi connectivity index (χ0v) is 13.4. The molecule has 1 aromatic heterocycles. The molecule has 5 nitrogen and oxygen atoms in total. The van der Waals surface area contributed by atoms with Gasteiger partial charge in [-0.2, -0.15) is 5.10 Å². The molecule has 2 aliphatic rings. The summed E-state index contributed by atoms with van der Waals surface area (Å²) in [5.74, 6) is 0.873. The lowest BCUT2D eigenvalue weighted by atomic mass is 10.1. The largest absolute Gasteiger partial charge is 0.368 e. The number of para-hydroxylation sites is 1. The second-order valence-corrected chi connectivity index (χ2v) is 6.54. The summed E-state index contributed by atoms with van der Waals surface area (Å²) >= 11 is 0. The fraction of sp³-hybridized carbons (Fsp3) is 0.444. The lowest BCUT2D eigenvalue weighted by Gasteiger charge is -2.36. The average molecular weight is 310 g/mol. The molecule has 1 aromatic carbocycles. The van der Waals surface area contributed by atoms with Gasteiger partial charge in [-0.25, -0.2) is 0 Å². The number of piperazine rings is 1. The lowest BCUT2D eigenvalue weighted by molar-refractivity contribution is -0.132. The molecule has 1 saturated carbocycles. The van der Waals surface area contributed by atoms with Gasteiger partial charge in [0.05, 0.1) is 6.20 Å². The Morgan fingerprint density at radius 1 is 1.13 bits per heavy atom. The van der Waals surface area contributed by atoms with Gasteiger partial charge in [0, 0.05) is 51.0 Å². The highest BCUT2D eigenvalue weighted by Gasteiger charge is 2.46. The van der Waals surface area contributed by atoms with E-state index >= 15 is 0 Å². The number of amides is 1. The van der Waals surface area contributed by atoms with Crippen molar-refractivity contribution in [3.63, 3.8) is 0 Å². The molecular weight excluding hydrogens is 288 g/mol. The molecule has 0 spiro atoms. The Morgan fingerprint density at radius 3 is 2.52 bits per heavy atom. The van der Waals surface area contributed by atoms with Crippen LogP contribution in [0.4, 0.5) is 5.69 Å². The summed E-state index contributed by atoms with van der Waals surface area (Å²) in [4.78, 5) is 17.1. The fourth-order valence-corrected chi connectivity index (χ4v) is 3.53. The minimum absolute atomic E-state index is 0.169. The van der Waals surface area contributed by atoms with Crippen LogP contribution in [0.3, 0.4) is 0 Å². The van der Waals surface area contributed by atoms with Crippen molar-refractivity contribution in [3.8, 4) is 0 Å². The summed E-state index contributed by atoms with van der Waals surface area (Å²) in [6.45, 7) is 3.48. The highest BCUT2D eigenvalue weighted by atomic mass is 16.2. The van der Waals surface area contributed by atoms with E-state index in [1.54, 1.807) is 0 Å². The molecule has 0 unspecified atom stereocenters. The molecule has 2 aromatic rings. The van der Waals surface area contributed by atoms with Crippen molar-refractivity contribution in [2.45, 2.75) is 12.3 Å². The van der Waals surface area contributed by atoms with Crippen LogP contribution in [0.25, 0.3) is 0 Å². The van der Waals surface area contributed by atoms with E-state index in [9.17, 15) is 4.79 Å². The van der Waals surface area contributed by atoms with Gasteiger partial charge < -0.3 is 9.80 Å². The maximum Gasteiger partial charge on any atom is 0.226 e. The number of carbonyl (C=O) groups is 1. The summed E-state index contributed by atoms with van der Waals surface area (Å²) in [5, 5.41) is 4.21. The van der Waals surface area contributed by atoms with Gasteiger partial charge in [0.25, 0.3) is 0 Å². The van der Waals surface area contributed by atoms with Crippen molar-refractivity contribution < 1.29 is 4.79 Å². The van der Waals surface area contributed by atoms with Gasteiger partial charge in [0.2, 0.25) is 5.91 Å². The van der Waals surface area contributed by atoms with Crippen molar-refractivity contribution >= 4 is 11.6 Å². The van der Waals surface area contributed by atoms with Crippen LogP contribution < -0.4 is 4.90 Å². The molecule has 0 bridgehead atoms. The maximum atomic E-state index is 12.7. The molecule has 0 radical (unpaired) electrons. The highest BCUT2D eigenvalue weighted by molar-refractivity contribution is 5.83. The van der Waals surface area contributed by atoms with E-state index < -0.39 is 0 Å². The van der Waals surface area contributed by atoms with Gasteiger partial charge in [0.1, 0.15) is 0 Å². The third-order valence-corrected chi connectivity index (χ3v) is 4.97. The third kappa shape index (κ3) is 2.83. The average Bonchev–Trinajstić information content (AvgIpc) is 3.29. The standard InChI is InChI=1S/C18H22N4O/c1-20-13-14(12-19-20)16-11-17(16)18(23)22-9-7-21(8-10-22)15-5-3-2-4-6-15/h2-6,12-13,16-17H,7-11H2,1H3/t16-,17-/m0/s1. The van der Waals surface area contributed by atoms with Gasteiger partial charge in [-0.1, -0.05) is 18.2 Å². The first-order valence-electron chi connectivity index (χ1n) is 8.30. The minimum atomic E-state index is 0.169. The number of anilines is 1. The Kier molecular flexibility index (Phi) is 3.56. The molecule has 2 fully saturated rings. The van der Waals surface area contributed by atoms with E-state index in [-0.39, 0.29) is 5.92 Å². The molecule has 2 atom stereocenters. The van der Waals surface area contributed by atoms with Gasteiger partial charge in [-0.3, -0.25) is 9.48 Å². The molecule has 1 amide bonds. The number of hydrogen-bond donors (Lipinski definition) is 0. The van der Waals surface area contributed by atoms with Crippen LogP contribution in [0, 0.1) is 5.92 Å². The predicted octanol–water partition coefficient (Wildman–Crippen LogP) is 1.87. The van der Waals surface area contributed by atoms with E-state index in [0.717, 1.165) is 32.6 Å². The molecule has 2 heterocycles. The molecule has 1 aliphatic heterocycles. The summed E-state index contributed by atoms with van der Waals surface area (Å²) in [6.07, 6.45) is 4.90. The van der Waals surface area contributed by atoms with Gasteiger partial charge >= 0.3 is 0 Å². The first kappa shape index (κ1) is 14.3. The van der Waals surface area contributed by atoms with Crippen LogP contribution in [0.15, 0.2) is 42.7 Å². The minimum Gasteiger partial charge on any atom is -0.368 e. The van der Waals surface area contributed by atoms with Crippen LogP contribution in [-0.2, 0) is 11.8 Å². The van der Waals surface area contributed by atoms with E-state index in [1.807, 2.05) is 35.1 Å². The number of hydrogen-bond acceptors (Lipinski definition) is 3. The summed E-state index contributed by atoms with van der Waals surface area (Å²) in [7, 11) is 1.92. The summed E-state index contributed by atoms with van der Waals surface area (Å²) < 4.78 is 1.81. The predicted molar refractivity (Wildman–Crippen MR) is 89.3 cm³/mol. The van der Waals surface area contributed by atoms with Crippen molar-refractivity contribution in [2.75, 3.05) is 31.1 Å². The van der Waals surface area contributed by atoms with Crippen molar-refractivity contribution in [1.82, 2.24) is 14.7 Å². The zero-order valence-electron chi connectivity index (χ0n) is 13.4. The number of nitrogens with zero attached hydrogens (tertiary/aromatic N) is 4. The number of aromatic nitrogens is 2. The number of rotatable bonds is 3. The van der Waals surface area contributed by atoms with Crippen LogP contribution in [0.5, 0.6) is 0 Å². The number of benzene rings is 1. The van der Waals surface area contributed by atoms with Crippen LogP contribution in [0.2, 0.25) is 0 Å². The van der Waals surface area contributed by atoms with Gasteiger partial charge in [-0.15, -0.1) is 0 Å². The zero-order chi connectivity index (χ0) is 15.8.